The first-order valence-electron chi connectivity index (χ1n) is 7.60. The molecule has 0 amide bonds. The third-order valence-electron chi connectivity index (χ3n) is 3.57. The molecule has 1 aromatic carbocycles. The Bertz CT molecular complexity index is 988. The van der Waals surface area contributed by atoms with Crippen molar-refractivity contribution in [3.63, 3.8) is 0 Å². The first-order valence-corrected chi connectivity index (χ1v) is 7.98. The van der Waals surface area contributed by atoms with E-state index in [1.807, 2.05) is 26.8 Å². The van der Waals surface area contributed by atoms with Gasteiger partial charge in [-0.2, -0.15) is 0 Å². The van der Waals surface area contributed by atoms with Crippen LogP contribution in [0.5, 0.6) is 0 Å². The first-order chi connectivity index (χ1) is 11.8. The number of aromatic nitrogens is 2. The fourth-order valence-electron chi connectivity index (χ4n) is 2.38. The fourth-order valence-corrected chi connectivity index (χ4v) is 2.54. The van der Waals surface area contributed by atoms with E-state index in [1.54, 1.807) is 28.8 Å². The van der Waals surface area contributed by atoms with Gasteiger partial charge in [-0.3, -0.25) is 14.5 Å². The molecule has 0 unspecified atom stereocenters. The zero-order valence-electron chi connectivity index (χ0n) is 14.0. The largest absolute Gasteiger partial charge is 0.281 e. The van der Waals surface area contributed by atoms with Gasteiger partial charge in [0.05, 0.1) is 21.3 Å². The van der Waals surface area contributed by atoms with E-state index in [-0.39, 0.29) is 11.1 Å². The van der Waals surface area contributed by atoms with E-state index in [1.165, 1.54) is 12.1 Å². The summed E-state index contributed by atoms with van der Waals surface area (Å²) in [7, 11) is 0. The summed E-state index contributed by atoms with van der Waals surface area (Å²) in [6, 6.07) is 9.58. The quantitative estimate of drug-likeness (QED) is 0.347. The summed E-state index contributed by atoms with van der Waals surface area (Å²) >= 11 is 6.09. The minimum absolute atomic E-state index is 0.0336. The van der Waals surface area contributed by atoms with Crippen molar-refractivity contribution in [2.75, 3.05) is 0 Å². The second-order valence-corrected chi connectivity index (χ2v) is 7.02. The van der Waals surface area contributed by atoms with Gasteiger partial charge >= 0.3 is 0 Å². The number of nitro benzene ring substituents is 1. The third-order valence-corrected chi connectivity index (χ3v) is 3.79. The molecule has 3 rings (SSSR count). The molecule has 128 valence electrons. The van der Waals surface area contributed by atoms with Crippen LogP contribution in [0.3, 0.4) is 0 Å². The van der Waals surface area contributed by atoms with Gasteiger partial charge in [0.15, 0.2) is 5.82 Å². The highest BCUT2D eigenvalue weighted by atomic mass is 35.5. The molecule has 0 N–H and O–H groups in total. The van der Waals surface area contributed by atoms with Gasteiger partial charge in [-0.25, -0.2) is 4.98 Å². The van der Waals surface area contributed by atoms with Crippen LogP contribution in [-0.2, 0) is 5.41 Å². The number of hydrogen-bond donors (Lipinski definition) is 0. The van der Waals surface area contributed by atoms with Crippen LogP contribution >= 0.6 is 11.6 Å². The van der Waals surface area contributed by atoms with Gasteiger partial charge in [0, 0.05) is 23.7 Å². The smallest absolute Gasteiger partial charge is 0.271 e. The van der Waals surface area contributed by atoms with Crippen molar-refractivity contribution in [1.29, 1.82) is 0 Å². The van der Waals surface area contributed by atoms with Crippen molar-refractivity contribution in [2.24, 2.45) is 10.2 Å². The normalized spacial score (nSPS) is 12.2. The summed E-state index contributed by atoms with van der Waals surface area (Å²) in [6.45, 7) is 6.09. The molecule has 0 saturated heterocycles. The number of benzene rings is 1. The molecule has 0 saturated carbocycles. The van der Waals surface area contributed by atoms with Crippen LogP contribution < -0.4 is 0 Å². The van der Waals surface area contributed by atoms with Gasteiger partial charge in [-0.1, -0.05) is 38.4 Å². The number of halogens is 1. The predicted octanol–water partition coefficient (Wildman–Crippen LogP) is 5.61. The molecule has 2 heterocycles. The molecular formula is C17H16ClN5O2. The van der Waals surface area contributed by atoms with Crippen LogP contribution in [0.15, 0.2) is 52.8 Å². The van der Waals surface area contributed by atoms with Crippen LogP contribution in [0.2, 0.25) is 5.02 Å². The Morgan fingerprint density at radius 3 is 2.64 bits per heavy atom. The standard InChI is InChI=1S/C17H16ClN5O2/c1-17(2,3)15-16(22-10-11(18)7-8-14(22)19-15)21-20-12-5-4-6-13(9-12)23(24)25/h4-10H,1-3H3. The molecule has 0 radical (unpaired) electrons. The lowest BCUT2D eigenvalue weighted by Crippen LogP contribution is -2.11. The summed E-state index contributed by atoms with van der Waals surface area (Å²) in [5, 5.41) is 19.9. The molecule has 0 aliphatic carbocycles. The number of fused-ring (bicyclic) bond motifs is 1. The van der Waals surface area contributed by atoms with Crippen LogP contribution in [0, 0.1) is 10.1 Å². The van der Waals surface area contributed by atoms with Crippen LogP contribution in [0.4, 0.5) is 17.2 Å². The molecule has 0 bridgehead atoms. The molecule has 0 aliphatic heterocycles. The molecule has 0 fully saturated rings. The maximum atomic E-state index is 10.9. The van der Waals surface area contributed by atoms with Gasteiger partial charge < -0.3 is 0 Å². The van der Waals surface area contributed by atoms with Crippen molar-refractivity contribution >= 4 is 34.4 Å². The monoisotopic (exact) mass is 357 g/mol. The summed E-state index contributed by atoms with van der Waals surface area (Å²) < 4.78 is 1.77. The number of nitrogens with zero attached hydrogens (tertiary/aromatic N) is 5. The Hall–Kier alpha value is -2.80. The van der Waals surface area contributed by atoms with Crippen molar-refractivity contribution in [1.82, 2.24) is 9.38 Å². The van der Waals surface area contributed by atoms with Gasteiger partial charge in [0.1, 0.15) is 5.65 Å². The summed E-state index contributed by atoms with van der Waals surface area (Å²) in [5.74, 6) is 0.552. The molecular weight excluding hydrogens is 342 g/mol. The van der Waals surface area contributed by atoms with Crippen molar-refractivity contribution in [2.45, 2.75) is 26.2 Å². The molecule has 2 aromatic heterocycles. The van der Waals surface area contributed by atoms with Crippen molar-refractivity contribution < 1.29 is 4.92 Å². The van der Waals surface area contributed by atoms with Gasteiger partial charge in [0.2, 0.25) is 0 Å². The summed E-state index contributed by atoms with van der Waals surface area (Å²) in [5.41, 5.74) is 1.58. The first kappa shape index (κ1) is 17.0. The van der Waals surface area contributed by atoms with E-state index in [9.17, 15) is 10.1 Å². The highest BCUT2D eigenvalue weighted by Gasteiger charge is 2.24. The predicted molar refractivity (Wildman–Crippen MR) is 96.2 cm³/mol. The van der Waals surface area contributed by atoms with E-state index < -0.39 is 4.92 Å². The fraction of sp³-hybridized carbons (Fsp3) is 0.235. The highest BCUT2D eigenvalue weighted by molar-refractivity contribution is 6.30. The molecule has 0 atom stereocenters. The Kier molecular flexibility index (Phi) is 4.26. The zero-order valence-corrected chi connectivity index (χ0v) is 14.7. The van der Waals surface area contributed by atoms with Gasteiger partial charge in [-0.15, -0.1) is 10.2 Å². The van der Waals surface area contributed by atoms with Crippen LogP contribution in [0.1, 0.15) is 26.5 Å². The number of azo groups is 1. The number of imidazole rings is 1. The second kappa shape index (κ2) is 6.25. The maximum absolute atomic E-state index is 10.9. The van der Waals surface area contributed by atoms with E-state index in [4.69, 9.17) is 11.6 Å². The van der Waals surface area contributed by atoms with Crippen LogP contribution in [-0.4, -0.2) is 14.3 Å². The lowest BCUT2D eigenvalue weighted by Gasteiger charge is -2.15. The van der Waals surface area contributed by atoms with Crippen LogP contribution in [0.25, 0.3) is 5.65 Å². The Morgan fingerprint density at radius 2 is 1.96 bits per heavy atom. The average Bonchev–Trinajstić information content (AvgIpc) is 2.91. The zero-order chi connectivity index (χ0) is 18.2. The van der Waals surface area contributed by atoms with E-state index in [2.05, 4.69) is 15.2 Å². The second-order valence-electron chi connectivity index (χ2n) is 6.59. The molecule has 3 aromatic rings. The van der Waals surface area contributed by atoms with Crippen molar-refractivity contribution in [3.8, 4) is 0 Å². The Balaban J connectivity index is 2.12. The van der Waals surface area contributed by atoms with Gasteiger partial charge in [-0.05, 0) is 18.2 Å². The van der Waals surface area contributed by atoms with Gasteiger partial charge in [0.25, 0.3) is 5.69 Å². The maximum Gasteiger partial charge on any atom is 0.271 e. The van der Waals surface area contributed by atoms with E-state index in [0.717, 1.165) is 5.69 Å². The molecule has 25 heavy (non-hydrogen) atoms. The molecule has 7 nitrogen and oxygen atoms in total. The lowest BCUT2D eigenvalue weighted by molar-refractivity contribution is -0.384. The SMILES string of the molecule is CC(C)(C)c1nc2ccc(Cl)cn2c1N=Nc1cccc([N+](=O)[O-])c1. The molecule has 8 heteroatoms. The molecule has 0 spiro atoms. The summed E-state index contributed by atoms with van der Waals surface area (Å²) in [4.78, 5) is 15.0. The third kappa shape index (κ3) is 3.51. The number of rotatable bonds is 3. The number of non-ortho nitro benzene ring substituents is 1. The van der Waals surface area contributed by atoms with E-state index >= 15 is 0 Å². The number of hydrogen-bond acceptors (Lipinski definition) is 5. The average molecular weight is 358 g/mol. The molecule has 0 aliphatic rings. The topological polar surface area (TPSA) is 85.2 Å². The Morgan fingerprint density at radius 1 is 1.20 bits per heavy atom. The summed E-state index contributed by atoms with van der Waals surface area (Å²) in [6.07, 6.45) is 1.72. The minimum Gasteiger partial charge on any atom is -0.281 e. The Labute approximate surface area is 149 Å². The van der Waals surface area contributed by atoms with E-state index in [0.29, 0.717) is 22.2 Å². The highest BCUT2D eigenvalue weighted by Crippen LogP contribution is 2.34. The van der Waals surface area contributed by atoms with Crippen molar-refractivity contribution in [3.05, 3.63) is 63.4 Å². The number of pyridine rings is 1. The number of nitro groups is 1. The lowest BCUT2D eigenvalue weighted by atomic mass is 9.92. The minimum atomic E-state index is -0.465.